The quantitative estimate of drug-likeness (QED) is 0.612. The lowest BCUT2D eigenvalue weighted by Crippen LogP contribution is -2.28. The van der Waals surface area contributed by atoms with Crippen molar-refractivity contribution in [1.82, 2.24) is 5.32 Å². The molecule has 0 unspecified atom stereocenters. The molecule has 2 amide bonds. The number of benzene rings is 3. The van der Waals surface area contributed by atoms with Crippen molar-refractivity contribution < 1.29 is 18.7 Å². The molecule has 154 valence electrons. The Kier molecular flexibility index (Phi) is 6.80. The Labute approximate surface area is 174 Å². The predicted octanol–water partition coefficient (Wildman–Crippen LogP) is 4.39. The SMILES string of the molecule is Cc1ccc(OCC(=O)NCc2cccc(NC(=O)c3ccc(F)cc3)c2)cc1C. The van der Waals surface area contributed by atoms with E-state index in [1.54, 1.807) is 18.2 Å². The first-order valence-corrected chi connectivity index (χ1v) is 9.53. The van der Waals surface area contributed by atoms with Crippen molar-refractivity contribution in [3.8, 4) is 5.75 Å². The van der Waals surface area contributed by atoms with Crippen molar-refractivity contribution >= 4 is 17.5 Å². The van der Waals surface area contributed by atoms with E-state index in [1.165, 1.54) is 29.8 Å². The number of carbonyl (C=O) groups is 2. The van der Waals surface area contributed by atoms with E-state index in [4.69, 9.17) is 4.74 Å². The van der Waals surface area contributed by atoms with Crippen molar-refractivity contribution in [1.29, 1.82) is 0 Å². The van der Waals surface area contributed by atoms with Crippen LogP contribution in [-0.4, -0.2) is 18.4 Å². The Morgan fingerprint density at radius 3 is 2.43 bits per heavy atom. The van der Waals surface area contributed by atoms with E-state index in [0.717, 1.165) is 11.1 Å². The van der Waals surface area contributed by atoms with Gasteiger partial charge in [-0.05, 0) is 79.1 Å². The van der Waals surface area contributed by atoms with Crippen molar-refractivity contribution in [2.24, 2.45) is 0 Å². The van der Waals surface area contributed by atoms with E-state index in [9.17, 15) is 14.0 Å². The van der Waals surface area contributed by atoms with Crippen LogP contribution in [0.5, 0.6) is 5.75 Å². The Bertz CT molecular complexity index is 1050. The van der Waals surface area contributed by atoms with Crippen molar-refractivity contribution in [3.05, 3.63) is 94.8 Å². The molecule has 6 heteroatoms. The summed E-state index contributed by atoms with van der Waals surface area (Å²) in [6.45, 7) is 4.23. The van der Waals surface area contributed by atoms with E-state index in [1.807, 2.05) is 38.1 Å². The molecule has 5 nitrogen and oxygen atoms in total. The first-order valence-electron chi connectivity index (χ1n) is 9.53. The highest BCUT2D eigenvalue weighted by molar-refractivity contribution is 6.04. The van der Waals surface area contributed by atoms with E-state index in [-0.39, 0.29) is 18.4 Å². The molecule has 0 aliphatic rings. The normalized spacial score (nSPS) is 10.4. The lowest BCUT2D eigenvalue weighted by molar-refractivity contribution is -0.123. The van der Waals surface area contributed by atoms with Gasteiger partial charge in [-0.3, -0.25) is 9.59 Å². The average Bonchev–Trinajstić information content (AvgIpc) is 2.74. The molecule has 0 bridgehead atoms. The number of hydrogen-bond donors (Lipinski definition) is 2. The first-order chi connectivity index (χ1) is 14.4. The number of amides is 2. The third kappa shape index (κ3) is 5.91. The molecule has 0 aromatic heterocycles. The summed E-state index contributed by atoms with van der Waals surface area (Å²) in [4.78, 5) is 24.3. The third-order valence-electron chi connectivity index (χ3n) is 4.63. The molecule has 30 heavy (non-hydrogen) atoms. The average molecular weight is 406 g/mol. The fourth-order valence-electron chi connectivity index (χ4n) is 2.77. The minimum absolute atomic E-state index is 0.0799. The molecular weight excluding hydrogens is 383 g/mol. The summed E-state index contributed by atoms with van der Waals surface area (Å²) in [5, 5.41) is 5.56. The van der Waals surface area contributed by atoms with Gasteiger partial charge in [0.25, 0.3) is 11.8 Å². The zero-order chi connectivity index (χ0) is 21.5. The molecule has 0 atom stereocenters. The summed E-state index contributed by atoms with van der Waals surface area (Å²) in [5.74, 6) is -0.323. The van der Waals surface area contributed by atoms with E-state index in [0.29, 0.717) is 23.5 Å². The summed E-state index contributed by atoms with van der Waals surface area (Å²) < 4.78 is 18.5. The first kappa shape index (κ1) is 21.0. The van der Waals surface area contributed by atoms with Gasteiger partial charge in [0.15, 0.2) is 6.61 Å². The van der Waals surface area contributed by atoms with Gasteiger partial charge in [-0.25, -0.2) is 4.39 Å². The second-order valence-corrected chi connectivity index (χ2v) is 6.97. The van der Waals surface area contributed by atoms with Gasteiger partial charge in [0.05, 0.1) is 0 Å². The van der Waals surface area contributed by atoms with Crippen LogP contribution in [0.1, 0.15) is 27.0 Å². The Morgan fingerprint density at radius 2 is 1.70 bits per heavy atom. The number of carbonyl (C=O) groups excluding carboxylic acids is 2. The van der Waals surface area contributed by atoms with Gasteiger partial charge in [0.1, 0.15) is 11.6 Å². The van der Waals surface area contributed by atoms with Crippen molar-refractivity contribution in [2.45, 2.75) is 20.4 Å². The highest BCUT2D eigenvalue weighted by Gasteiger charge is 2.08. The monoisotopic (exact) mass is 406 g/mol. The standard InChI is InChI=1S/C24H23FN2O3/c1-16-6-11-22(12-17(16)2)30-15-23(28)26-14-18-4-3-5-21(13-18)27-24(29)19-7-9-20(25)10-8-19/h3-13H,14-15H2,1-2H3,(H,26,28)(H,27,29). The lowest BCUT2D eigenvalue weighted by atomic mass is 10.1. The molecule has 0 fully saturated rings. The van der Waals surface area contributed by atoms with Gasteiger partial charge < -0.3 is 15.4 Å². The highest BCUT2D eigenvalue weighted by atomic mass is 19.1. The number of ether oxygens (including phenoxy) is 1. The third-order valence-corrected chi connectivity index (χ3v) is 4.63. The number of aryl methyl sites for hydroxylation is 2. The minimum Gasteiger partial charge on any atom is -0.484 e. The summed E-state index contributed by atoms with van der Waals surface area (Å²) in [7, 11) is 0. The summed E-state index contributed by atoms with van der Waals surface area (Å²) in [5.41, 5.74) is 4.04. The topological polar surface area (TPSA) is 67.4 Å². The summed E-state index contributed by atoms with van der Waals surface area (Å²) >= 11 is 0. The fraction of sp³-hybridized carbons (Fsp3) is 0.167. The van der Waals surface area contributed by atoms with Crippen LogP contribution in [-0.2, 0) is 11.3 Å². The Hall–Kier alpha value is -3.67. The van der Waals surface area contributed by atoms with Gasteiger partial charge >= 0.3 is 0 Å². The number of rotatable bonds is 7. The van der Waals surface area contributed by atoms with E-state index in [2.05, 4.69) is 10.6 Å². The van der Waals surface area contributed by atoms with Crippen LogP contribution >= 0.6 is 0 Å². The molecule has 3 aromatic rings. The second-order valence-electron chi connectivity index (χ2n) is 6.97. The lowest BCUT2D eigenvalue weighted by Gasteiger charge is -2.10. The minimum atomic E-state index is -0.397. The van der Waals surface area contributed by atoms with Gasteiger partial charge in [-0.1, -0.05) is 18.2 Å². The van der Waals surface area contributed by atoms with Gasteiger partial charge in [0, 0.05) is 17.8 Å². The van der Waals surface area contributed by atoms with Crippen LogP contribution in [0.4, 0.5) is 10.1 Å². The van der Waals surface area contributed by atoms with Crippen LogP contribution in [0.25, 0.3) is 0 Å². The second kappa shape index (κ2) is 9.69. The smallest absolute Gasteiger partial charge is 0.258 e. The predicted molar refractivity (Wildman–Crippen MR) is 114 cm³/mol. The fourth-order valence-corrected chi connectivity index (χ4v) is 2.77. The van der Waals surface area contributed by atoms with Crippen LogP contribution in [0.15, 0.2) is 66.7 Å². The van der Waals surface area contributed by atoms with E-state index < -0.39 is 5.82 Å². The maximum absolute atomic E-state index is 13.0. The molecule has 0 radical (unpaired) electrons. The Morgan fingerprint density at radius 1 is 0.933 bits per heavy atom. The highest BCUT2D eigenvalue weighted by Crippen LogP contribution is 2.16. The van der Waals surface area contributed by atoms with Crippen molar-refractivity contribution in [2.75, 3.05) is 11.9 Å². The molecule has 0 aliphatic carbocycles. The number of nitrogens with one attached hydrogen (secondary N) is 2. The zero-order valence-corrected chi connectivity index (χ0v) is 16.9. The summed E-state index contributed by atoms with van der Waals surface area (Å²) in [6, 6.07) is 18.1. The molecule has 2 N–H and O–H groups in total. The van der Waals surface area contributed by atoms with Gasteiger partial charge in [-0.15, -0.1) is 0 Å². The number of hydrogen-bond acceptors (Lipinski definition) is 3. The molecule has 0 spiro atoms. The molecule has 3 rings (SSSR count). The van der Waals surface area contributed by atoms with Crippen LogP contribution in [0.2, 0.25) is 0 Å². The van der Waals surface area contributed by atoms with Crippen LogP contribution in [0.3, 0.4) is 0 Å². The largest absolute Gasteiger partial charge is 0.484 e. The zero-order valence-electron chi connectivity index (χ0n) is 16.9. The molecule has 3 aromatic carbocycles. The maximum Gasteiger partial charge on any atom is 0.258 e. The molecule has 0 saturated carbocycles. The maximum atomic E-state index is 13.0. The molecule has 0 saturated heterocycles. The van der Waals surface area contributed by atoms with Gasteiger partial charge in [0.2, 0.25) is 0 Å². The molecule has 0 heterocycles. The molecular formula is C24H23FN2O3. The summed E-state index contributed by atoms with van der Waals surface area (Å²) in [6.07, 6.45) is 0. The van der Waals surface area contributed by atoms with Crippen molar-refractivity contribution in [3.63, 3.8) is 0 Å². The molecule has 0 aliphatic heterocycles. The van der Waals surface area contributed by atoms with Crippen LogP contribution < -0.4 is 15.4 Å². The number of halogens is 1. The van der Waals surface area contributed by atoms with E-state index >= 15 is 0 Å². The van der Waals surface area contributed by atoms with Crippen LogP contribution in [0, 0.1) is 19.7 Å². The van der Waals surface area contributed by atoms with Gasteiger partial charge in [-0.2, -0.15) is 0 Å². The Balaban J connectivity index is 1.50. The number of anilines is 1.